The fourth-order valence-corrected chi connectivity index (χ4v) is 6.19. The molecule has 1 unspecified atom stereocenters. The van der Waals surface area contributed by atoms with Gasteiger partial charge in [0.2, 0.25) is 0 Å². The monoisotopic (exact) mass is 578 g/mol. The average molecular weight is 579 g/mol. The van der Waals surface area contributed by atoms with Crippen LogP contribution in [0.5, 0.6) is 5.75 Å². The van der Waals surface area contributed by atoms with Gasteiger partial charge in [-0.15, -0.1) is 0 Å². The summed E-state index contributed by atoms with van der Waals surface area (Å²) < 4.78 is 7.72. The molecule has 1 amide bonds. The number of imidazole rings is 1. The number of aliphatic hydroxyl groups excluding tert-OH is 1. The Morgan fingerprint density at radius 1 is 0.976 bits per heavy atom. The van der Waals surface area contributed by atoms with E-state index in [4.69, 9.17) is 4.74 Å². The van der Waals surface area contributed by atoms with E-state index in [1.54, 1.807) is 60.8 Å². The van der Waals surface area contributed by atoms with Gasteiger partial charge in [0.1, 0.15) is 23.7 Å². The standard InChI is InChI=1S/C32H26N4O5S/c1-18-26(35-15-8-7-14-24(35)33-18)28(38)25-27(22-12-9-13-23(16-22)41-17-21-10-5-4-6-11-21)36(31(40)29(25)39)32-34-19(2)30(42-32)20(3)37/h4-16,27,38H,17H2,1-3H3. The first-order valence-corrected chi connectivity index (χ1v) is 14.1. The molecule has 1 N–H and O–H groups in total. The molecular formula is C32H26N4O5S. The molecule has 42 heavy (non-hydrogen) atoms. The summed E-state index contributed by atoms with van der Waals surface area (Å²) in [6, 6.07) is 21.1. The minimum Gasteiger partial charge on any atom is -0.505 e. The zero-order valence-corrected chi connectivity index (χ0v) is 23.9. The summed E-state index contributed by atoms with van der Waals surface area (Å²) in [5, 5.41) is 11.9. The molecule has 3 aromatic heterocycles. The topological polar surface area (TPSA) is 114 Å². The second kappa shape index (κ2) is 10.7. The van der Waals surface area contributed by atoms with Crippen LogP contribution in [0.4, 0.5) is 5.13 Å². The number of carbonyl (C=O) groups is 3. The van der Waals surface area contributed by atoms with Crippen LogP contribution >= 0.6 is 11.3 Å². The Morgan fingerprint density at radius 3 is 2.48 bits per heavy atom. The highest BCUT2D eigenvalue weighted by molar-refractivity contribution is 7.18. The third-order valence-electron chi connectivity index (χ3n) is 7.11. The number of nitrogens with zero attached hydrogens (tertiary/aromatic N) is 4. The molecule has 0 aliphatic carbocycles. The lowest BCUT2D eigenvalue weighted by atomic mass is 9.96. The number of pyridine rings is 1. The number of aryl methyl sites for hydroxylation is 2. The normalized spacial score (nSPS) is 16.4. The lowest BCUT2D eigenvalue weighted by Crippen LogP contribution is -2.29. The predicted octanol–water partition coefficient (Wildman–Crippen LogP) is 5.82. The van der Waals surface area contributed by atoms with Crippen LogP contribution < -0.4 is 9.64 Å². The maximum Gasteiger partial charge on any atom is 0.301 e. The van der Waals surface area contributed by atoms with Gasteiger partial charge in [0.25, 0.3) is 5.78 Å². The van der Waals surface area contributed by atoms with Crippen molar-refractivity contribution in [3.8, 4) is 5.75 Å². The number of anilines is 1. The van der Waals surface area contributed by atoms with Gasteiger partial charge in [0.05, 0.1) is 27.9 Å². The van der Waals surface area contributed by atoms with Crippen LogP contribution in [0.3, 0.4) is 0 Å². The fourth-order valence-electron chi connectivity index (χ4n) is 5.20. The molecular weight excluding hydrogens is 552 g/mol. The Bertz CT molecular complexity index is 1910. The summed E-state index contributed by atoms with van der Waals surface area (Å²) in [5.74, 6) is -1.74. The molecule has 4 heterocycles. The third kappa shape index (κ3) is 4.65. The number of Topliss-reactive ketones (excluding diaryl/α,β-unsaturated/α-hetero) is 2. The van der Waals surface area contributed by atoms with E-state index in [9.17, 15) is 19.5 Å². The van der Waals surface area contributed by atoms with Gasteiger partial charge in [0, 0.05) is 13.1 Å². The van der Waals surface area contributed by atoms with Gasteiger partial charge in [-0.1, -0.05) is 59.9 Å². The van der Waals surface area contributed by atoms with Crippen LogP contribution in [0, 0.1) is 13.8 Å². The van der Waals surface area contributed by atoms with Crippen molar-refractivity contribution in [2.24, 2.45) is 0 Å². The number of ether oxygens (including phenoxy) is 1. The van der Waals surface area contributed by atoms with Crippen molar-refractivity contribution in [3.05, 3.63) is 118 Å². The molecule has 0 radical (unpaired) electrons. The molecule has 1 fully saturated rings. The Kier molecular flexibility index (Phi) is 6.91. The number of hydrogen-bond donors (Lipinski definition) is 1. The van der Waals surface area contributed by atoms with Crippen molar-refractivity contribution in [1.29, 1.82) is 0 Å². The van der Waals surface area contributed by atoms with Gasteiger partial charge in [-0.3, -0.25) is 23.7 Å². The fraction of sp³-hybridized carbons (Fsp3) is 0.156. The third-order valence-corrected chi connectivity index (χ3v) is 8.36. The molecule has 1 aliphatic heterocycles. The molecule has 0 spiro atoms. The molecule has 0 bridgehead atoms. The average Bonchev–Trinajstić information content (AvgIpc) is 3.62. The van der Waals surface area contributed by atoms with E-state index in [1.807, 2.05) is 36.4 Å². The van der Waals surface area contributed by atoms with Crippen molar-refractivity contribution in [1.82, 2.24) is 14.4 Å². The molecule has 1 saturated heterocycles. The molecule has 5 aromatic rings. The van der Waals surface area contributed by atoms with Crippen LogP contribution in [0.15, 0.2) is 84.6 Å². The molecule has 6 rings (SSSR count). The lowest BCUT2D eigenvalue weighted by molar-refractivity contribution is -0.132. The number of aliphatic hydroxyl groups is 1. The quantitative estimate of drug-likeness (QED) is 0.112. The first kappa shape index (κ1) is 27.1. The van der Waals surface area contributed by atoms with E-state index in [0.717, 1.165) is 16.9 Å². The summed E-state index contributed by atoms with van der Waals surface area (Å²) in [5.41, 5.74) is 3.25. The molecule has 210 valence electrons. The summed E-state index contributed by atoms with van der Waals surface area (Å²) in [4.78, 5) is 50.3. The largest absolute Gasteiger partial charge is 0.505 e. The smallest absolute Gasteiger partial charge is 0.301 e. The zero-order valence-electron chi connectivity index (χ0n) is 23.1. The maximum atomic E-state index is 13.7. The number of thiazole rings is 1. The van der Waals surface area contributed by atoms with E-state index >= 15 is 0 Å². The second-order valence-electron chi connectivity index (χ2n) is 9.96. The molecule has 1 aliphatic rings. The van der Waals surface area contributed by atoms with E-state index in [1.165, 1.54) is 11.8 Å². The Labute approximate surface area is 245 Å². The summed E-state index contributed by atoms with van der Waals surface area (Å²) in [6.07, 6.45) is 1.73. The van der Waals surface area contributed by atoms with Gasteiger partial charge in [0.15, 0.2) is 16.7 Å². The Balaban J connectivity index is 1.52. The molecule has 1 atom stereocenters. The van der Waals surface area contributed by atoms with Gasteiger partial charge < -0.3 is 9.84 Å². The van der Waals surface area contributed by atoms with Gasteiger partial charge in [-0.2, -0.15) is 0 Å². The summed E-state index contributed by atoms with van der Waals surface area (Å²) >= 11 is 1.04. The van der Waals surface area contributed by atoms with Crippen LogP contribution in [0.1, 0.15) is 50.8 Å². The molecule has 10 heteroatoms. The highest BCUT2D eigenvalue weighted by atomic mass is 32.1. The highest BCUT2D eigenvalue weighted by Gasteiger charge is 2.49. The Hall–Kier alpha value is -5.09. The van der Waals surface area contributed by atoms with E-state index < -0.39 is 17.7 Å². The minimum absolute atomic E-state index is 0.105. The van der Waals surface area contributed by atoms with Gasteiger partial charge in [-0.25, -0.2) is 9.97 Å². The number of ketones is 2. The van der Waals surface area contributed by atoms with Crippen LogP contribution in [-0.4, -0.2) is 36.9 Å². The molecule has 9 nitrogen and oxygen atoms in total. The minimum atomic E-state index is -1.04. The van der Waals surface area contributed by atoms with Crippen molar-refractivity contribution in [2.45, 2.75) is 33.4 Å². The van der Waals surface area contributed by atoms with Crippen LogP contribution in [0.2, 0.25) is 0 Å². The van der Waals surface area contributed by atoms with Crippen molar-refractivity contribution in [3.63, 3.8) is 0 Å². The predicted molar refractivity (Wildman–Crippen MR) is 159 cm³/mol. The molecule has 0 saturated carbocycles. The SMILES string of the molecule is CC(=O)c1sc(N2C(=O)C(=O)C(=C(O)c3c(C)nc4ccccn34)C2c2cccc(OCc3ccccc3)c2)nc1C. The van der Waals surface area contributed by atoms with E-state index in [0.29, 0.717) is 45.5 Å². The number of carbonyl (C=O) groups excluding carboxylic acids is 3. The highest BCUT2D eigenvalue weighted by Crippen LogP contribution is 2.44. The second-order valence-corrected chi connectivity index (χ2v) is 10.9. The van der Waals surface area contributed by atoms with E-state index in [2.05, 4.69) is 9.97 Å². The van der Waals surface area contributed by atoms with Gasteiger partial charge >= 0.3 is 5.91 Å². The van der Waals surface area contributed by atoms with Crippen LogP contribution in [-0.2, 0) is 16.2 Å². The number of fused-ring (bicyclic) bond motifs is 1. The maximum absolute atomic E-state index is 13.7. The first-order valence-electron chi connectivity index (χ1n) is 13.2. The number of aromatic nitrogens is 3. The number of amides is 1. The number of hydrogen-bond acceptors (Lipinski definition) is 8. The van der Waals surface area contributed by atoms with Gasteiger partial charge in [-0.05, 0) is 49.2 Å². The van der Waals surface area contributed by atoms with Crippen molar-refractivity contribution < 1.29 is 24.2 Å². The lowest BCUT2D eigenvalue weighted by Gasteiger charge is -2.23. The first-order chi connectivity index (χ1) is 20.2. The Morgan fingerprint density at radius 2 is 1.74 bits per heavy atom. The number of rotatable bonds is 7. The number of benzene rings is 2. The summed E-state index contributed by atoms with van der Waals surface area (Å²) in [7, 11) is 0. The van der Waals surface area contributed by atoms with Crippen molar-refractivity contribution >= 4 is 45.3 Å². The van der Waals surface area contributed by atoms with Crippen LogP contribution in [0.25, 0.3) is 11.4 Å². The summed E-state index contributed by atoms with van der Waals surface area (Å²) in [6.45, 7) is 5.16. The zero-order chi connectivity index (χ0) is 29.5. The van der Waals surface area contributed by atoms with Crippen molar-refractivity contribution in [2.75, 3.05) is 4.90 Å². The molecule has 2 aromatic carbocycles. The van der Waals surface area contributed by atoms with E-state index in [-0.39, 0.29) is 22.2 Å².